The van der Waals surface area contributed by atoms with Gasteiger partial charge in [-0.1, -0.05) is 23.9 Å². The lowest BCUT2D eigenvalue weighted by Crippen LogP contribution is -1.87. The second-order valence-corrected chi connectivity index (χ2v) is 6.46. The summed E-state index contributed by atoms with van der Waals surface area (Å²) in [4.78, 5) is 4.23. The molecule has 0 spiro atoms. The summed E-state index contributed by atoms with van der Waals surface area (Å²) in [6.45, 7) is 0. The summed E-state index contributed by atoms with van der Waals surface area (Å²) < 4.78 is 10.9. The summed E-state index contributed by atoms with van der Waals surface area (Å²) in [5, 5.41) is 19.5. The first-order valence-corrected chi connectivity index (χ1v) is 8.89. The van der Waals surface area contributed by atoms with E-state index in [1.54, 1.807) is 19.4 Å². The third-order valence-corrected chi connectivity index (χ3v) is 4.80. The van der Waals surface area contributed by atoms with Crippen molar-refractivity contribution in [2.75, 3.05) is 7.11 Å². The van der Waals surface area contributed by atoms with Gasteiger partial charge in [0, 0.05) is 22.9 Å². The molecule has 0 aliphatic heterocycles. The van der Waals surface area contributed by atoms with Crippen LogP contribution in [0.2, 0.25) is 0 Å². The van der Waals surface area contributed by atoms with Gasteiger partial charge in [-0.2, -0.15) is 0 Å². The number of phenols is 1. The molecule has 0 saturated heterocycles. The molecule has 0 atom stereocenters. The third kappa shape index (κ3) is 3.21. The molecule has 0 aliphatic rings. The number of methoxy groups -OCH3 is 1. The van der Waals surface area contributed by atoms with Crippen LogP contribution in [0.4, 0.5) is 0 Å². The van der Waals surface area contributed by atoms with Crippen LogP contribution in [-0.4, -0.2) is 27.4 Å². The number of aromatic nitrogens is 3. The summed E-state index contributed by atoms with van der Waals surface area (Å²) in [5.41, 5.74) is 2.47. The number of hydrogen-bond acceptors (Lipinski definition) is 7. The molecule has 4 aromatic rings. The molecule has 2 aromatic heterocycles. The van der Waals surface area contributed by atoms with Gasteiger partial charge in [-0.3, -0.25) is 4.98 Å². The van der Waals surface area contributed by atoms with Gasteiger partial charge >= 0.3 is 0 Å². The Morgan fingerprint density at radius 3 is 2.73 bits per heavy atom. The number of hydrogen-bond donors (Lipinski definition) is 1. The monoisotopic (exact) mass is 365 g/mol. The lowest BCUT2D eigenvalue weighted by molar-refractivity contribution is 0.414. The quantitative estimate of drug-likeness (QED) is 0.528. The Morgan fingerprint density at radius 1 is 1.08 bits per heavy atom. The van der Waals surface area contributed by atoms with Crippen LogP contribution in [0.25, 0.3) is 22.4 Å². The Labute approximate surface area is 153 Å². The summed E-state index contributed by atoms with van der Waals surface area (Å²) in [6, 6.07) is 14.8. The first-order chi connectivity index (χ1) is 12.7. The van der Waals surface area contributed by atoms with Crippen LogP contribution in [0.15, 0.2) is 64.4 Å². The Bertz CT molecular complexity index is 1050. The zero-order chi connectivity index (χ0) is 17.9. The maximum Gasteiger partial charge on any atom is 0.277 e. The van der Waals surface area contributed by atoms with E-state index >= 15 is 0 Å². The van der Waals surface area contributed by atoms with Crippen LogP contribution in [0.3, 0.4) is 0 Å². The maximum absolute atomic E-state index is 9.93. The fourth-order valence-corrected chi connectivity index (χ4v) is 3.37. The van der Waals surface area contributed by atoms with E-state index in [0.717, 1.165) is 22.3 Å². The Morgan fingerprint density at radius 2 is 1.92 bits per heavy atom. The molecule has 0 saturated carbocycles. The van der Waals surface area contributed by atoms with Crippen molar-refractivity contribution in [2.24, 2.45) is 0 Å². The third-order valence-electron chi connectivity index (χ3n) is 3.93. The molecule has 0 amide bonds. The lowest BCUT2D eigenvalue weighted by atomic mass is 10.1. The average Bonchev–Trinajstić information content (AvgIpc) is 3.17. The molecule has 0 bridgehead atoms. The average molecular weight is 365 g/mol. The topological polar surface area (TPSA) is 81.3 Å². The number of aromatic hydroxyl groups is 1. The second-order valence-electron chi connectivity index (χ2n) is 5.53. The van der Waals surface area contributed by atoms with Crippen LogP contribution >= 0.6 is 11.8 Å². The van der Waals surface area contributed by atoms with Crippen molar-refractivity contribution < 1.29 is 14.3 Å². The van der Waals surface area contributed by atoms with E-state index in [1.807, 2.05) is 42.5 Å². The number of rotatable bonds is 5. The van der Waals surface area contributed by atoms with Crippen molar-refractivity contribution in [1.29, 1.82) is 0 Å². The minimum Gasteiger partial charge on any atom is -0.506 e. The molecule has 2 heterocycles. The van der Waals surface area contributed by atoms with Gasteiger partial charge < -0.3 is 14.3 Å². The van der Waals surface area contributed by atoms with Gasteiger partial charge in [-0.15, -0.1) is 10.2 Å². The molecule has 26 heavy (non-hydrogen) atoms. The minimum atomic E-state index is 0.175. The number of pyridine rings is 1. The zero-order valence-electron chi connectivity index (χ0n) is 13.9. The number of thioether (sulfide) groups is 1. The smallest absolute Gasteiger partial charge is 0.277 e. The highest BCUT2D eigenvalue weighted by molar-refractivity contribution is 7.98. The number of ether oxygens (including phenoxy) is 1. The Hall–Kier alpha value is -3.06. The zero-order valence-corrected chi connectivity index (χ0v) is 14.7. The van der Waals surface area contributed by atoms with Crippen molar-refractivity contribution in [3.63, 3.8) is 0 Å². The van der Waals surface area contributed by atoms with Crippen LogP contribution in [0, 0.1) is 0 Å². The van der Waals surface area contributed by atoms with Gasteiger partial charge in [0.25, 0.3) is 5.22 Å². The Kier molecular flexibility index (Phi) is 4.45. The van der Waals surface area contributed by atoms with Crippen LogP contribution in [-0.2, 0) is 5.75 Å². The summed E-state index contributed by atoms with van der Waals surface area (Å²) >= 11 is 1.44. The highest BCUT2D eigenvalue weighted by atomic mass is 32.2. The fraction of sp³-hybridized carbons (Fsp3) is 0.105. The predicted molar refractivity (Wildman–Crippen MR) is 99.3 cm³/mol. The van der Waals surface area contributed by atoms with E-state index in [0.29, 0.717) is 22.4 Å². The SMILES string of the molecule is COc1ccc(-c2nnc(SCc3ccc(O)c4ncccc34)o2)cc1. The molecule has 6 nitrogen and oxygen atoms in total. The van der Waals surface area contributed by atoms with E-state index in [-0.39, 0.29) is 5.75 Å². The van der Waals surface area contributed by atoms with Gasteiger partial charge in [0.15, 0.2) is 0 Å². The summed E-state index contributed by atoms with van der Waals surface area (Å²) in [6.07, 6.45) is 1.66. The molecule has 0 radical (unpaired) electrons. The number of phenolic OH excluding ortho intramolecular Hbond substituents is 1. The molecule has 2 aromatic carbocycles. The van der Waals surface area contributed by atoms with Gasteiger partial charge in [0.05, 0.1) is 7.11 Å². The van der Waals surface area contributed by atoms with Crippen LogP contribution in [0.5, 0.6) is 11.5 Å². The highest BCUT2D eigenvalue weighted by Crippen LogP contribution is 2.31. The van der Waals surface area contributed by atoms with E-state index in [4.69, 9.17) is 9.15 Å². The van der Waals surface area contributed by atoms with Gasteiger partial charge in [0.2, 0.25) is 5.89 Å². The van der Waals surface area contributed by atoms with Crippen molar-refractivity contribution in [3.05, 3.63) is 60.3 Å². The molecule has 0 aliphatic carbocycles. The standard InChI is InChI=1S/C19H15N3O3S/c1-24-14-7-4-12(5-8-14)18-21-22-19(25-18)26-11-13-6-9-16(23)17-15(13)3-2-10-20-17/h2-10,23H,11H2,1H3. The molecule has 7 heteroatoms. The van der Waals surface area contributed by atoms with E-state index < -0.39 is 0 Å². The lowest BCUT2D eigenvalue weighted by Gasteiger charge is -2.05. The fourth-order valence-electron chi connectivity index (χ4n) is 2.60. The van der Waals surface area contributed by atoms with E-state index in [1.165, 1.54) is 11.8 Å². The number of nitrogens with zero attached hydrogens (tertiary/aromatic N) is 3. The van der Waals surface area contributed by atoms with E-state index in [2.05, 4.69) is 15.2 Å². The van der Waals surface area contributed by atoms with Crippen molar-refractivity contribution in [1.82, 2.24) is 15.2 Å². The largest absolute Gasteiger partial charge is 0.506 e. The van der Waals surface area contributed by atoms with Crippen LogP contribution in [0.1, 0.15) is 5.56 Å². The van der Waals surface area contributed by atoms with Crippen molar-refractivity contribution >= 4 is 22.7 Å². The number of benzene rings is 2. The van der Waals surface area contributed by atoms with Crippen LogP contribution < -0.4 is 4.74 Å². The van der Waals surface area contributed by atoms with Gasteiger partial charge in [-0.25, -0.2) is 0 Å². The maximum atomic E-state index is 9.93. The highest BCUT2D eigenvalue weighted by Gasteiger charge is 2.11. The number of fused-ring (bicyclic) bond motifs is 1. The minimum absolute atomic E-state index is 0.175. The van der Waals surface area contributed by atoms with E-state index in [9.17, 15) is 5.11 Å². The molecule has 130 valence electrons. The second kappa shape index (κ2) is 7.05. The first kappa shape index (κ1) is 16.4. The van der Waals surface area contributed by atoms with Crippen molar-refractivity contribution in [2.45, 2.75) is 11.0 Å². The summed E-state index contributed by atoms with van der Waals surface area (Å²) in [7, 11) is 1.62. The van der Waals surface area contributed by atoms with Gasteiger partial charge in [-0.05, 0) is 42.0 Å². The van der Waals surface area contributed by atoms with Crippen molar-refractivity contribution in [3.8, 4) is 23.0 Å². The summed E-state index contributed by atoms with van der Waals surface area (Å²) in [5.74, 6) is 2.05. The molecule has 1 N–H and O–H groups in total. The molecular weight excluding hydrogens is 350 g/mol. The normalized spacial score (nSPS) is 11.0. The molecular formula is C19H15N3O3S. The Balaban J connectivity index is 1.52. The molecule has 0 unspecified atom stereocenters. The molecule has 0 fully saturated rings. The predicted octanol–water partition coefficient (Wildman–Crippen LogP) is 4.29. The van der Waals surface area contributed by atoms with Gasteiger partial charge in [0.1, 0.15) is 17.0 Å². The molecule has 4 rings (SSSR count). The first-order valence-electron chi connectivity index (χ1n) is 7.91.